The van der Waals surface area contributed by atoms with Crippen molar-refractivity contribution in [3.63, 3.8) is 0 Å². The van der Waals surface area contributed by atoms with Crippen LogP contribution in [0.1, 0.15) is 13.3 Å². The molecule has 0 heterocycles. The summed E-state index contributed by atoms with van der Waals surface area (Å²) in [4.78, 5) is 24.2. The third kappa shape index (κ3) is 4.95. The van der Waals surface area contributed by atoms with Crippen LogP contribution in [0.3, 0.4) is 0 Å². The van der Waals surface area contributed by atoms with Crippen molar-refractivity contribution < 1.29 is 18.7 Å². The molecule has 1 N–H and O–H groups in total. The lowest BCUT2D eigenvalue weighted by Crippen LogP contribution is -2.33. The number of urea groups is 1. The molecule has 2 amide bonds. The molecule has 5 nitrogen and oxygen atoms in total. The van der Waals surface area contributed by atoms with Crippen LogP contribution in [0.15, 0.2) is 24.3 Å². The average molecular weight is 268 g/mol. The fraction of sp³-hybridized carbons (Fsp3) is 0.385. The minimum absolute atomic E-state index is 0.106. The molecule has 0 aliphatic rings. The van der Waals surface area contributed by atoms with Gasteiger partial charge in [0.25, 0.3) is 0 Å². The van der Waals surface area contributed by atoms with E-state index in [9.17, 15) is 14.0 Å². The Hall–Kier alpha value is -2.11. The lowest BCUT2D eigenvalue weighted by atomic mass is 10.3. The highest BCUT2D eigenvalue weighted by molar-refractivity contribution is 5.89. The Morgan fingerprint density at radius 2 is 2.05 bits per heavy atom. The van der Waals surface area contributed by atoms with E-state index in [-0.39, 0.29) is 24.6 Å². The summed E-state index contributed by atoms with van der Waals surface area (Å²) < 4.78 is 18.1. The van der Waals surface area contributed by atoms with Crippen LogP contribution in [0.5, 0.6) is 0 Å². The number of para-hydroxylation sites is 1. The fourth-order valence-corrected chi connectivity index (χ4v) is 1.37. The number of carbonyl (C=O) groups is 2. The minimum atomic E-state index is -0.505. The number of esters is 1. The van der Waals surface area contributed by atoms with Gasteiger partial charge in [-0.2, -0.15) is 0 Å². The normalized spacial score (nSPS) is 9.84. The molecule has 0 spiro atoms. The molecule has 1 rings (SSSR count). The molecule has 1 aromatic rings. The summed E-state index contributed by atoms with van der Waals surface area (Å²) in [5, 5.41) is 2.43. The van der Waals surface area contributed by atoms with E-state index in [1.165, 1.54) is 30.1 Å². The van der Waals surface area contributed by atoms with Gasteiger partial charge in [-0.3, -0.25) is 4.79 Å². The number of ether oxygens (including phenoxy) is 1. The van der Waals surface area contributed by atoms with Gasteiger partial charge in [-0.25, -0.2) is 9.18 Å². The van der Waals surface area contributed by atoms with Crippen LogP contribution in [0.4, 0.5) is 14.9 Å². The number of benzene rings is 1. The standard InChI is InChI=1S/C13H17FN2O3/c1-3-19-12(17)8-9-16(2)13(18)15-11-7-5-4-6-10(11)14/h4-7H,3,8-9H2,1-2H3,(H,15,18). The van der Waals surface area contributed by atoms with Gasteiger partial charge in [0.05, 0.1) is 18.7 Å². The van der Waals surface area contributed by atoms with Gasteiger partial charge < -0.3 is 15.0 Å². The first-order chi connectivity index (χ1) is 9.04. The molecular formula is C13H17FN2O3. The number of nitrogens with one attached hydrogen (secondary N) is 1. The van der Waals surface area contributed by atoms with Crippen molar-refractivity contribution in [3.8, 4) is 0 Å². The van der Waals surface area contributed by atoms with Crippen molar-refractivity contribution in [2.75, 3.05) is 25.5 Å². The summed E-state index contributed by atoms with van der Waals surface area (Å²) in [6, 6.07) is 5.40. The van der Waals surface area contributed by atoms with Gasteiger partial charge in [-0.05, 0) is 19.1 Å². The summed E-state index contributed by atoms with van der Waals surface area (Å²) in [5.74, 6) is -0.873. The SMILES string of the molecule is CCOC(=O)CCN(C)C(=O)Nc1ccccc1F. The second-order valence-corrected chi connectivity index (χ2v) is 3.89. The third-order valence-electron chi connectivity index (χ3n) is 2.42. The van der Waals surface area contributed by atoms with Crippen molar-refractivity contribution in [2.45, 2.75) is 13.3 Å². The van der Waals surface area contributed by atoms with Gasteiger partial charge in [-0.15, -0.1) is 0 Å². The second-order valence-electron chi connectivity index (χ2n) is 3.89. The number of hydrogen-bond donors (Lipinski definition) is 1. The zero-order chi connectivity index (χ0) is 14.3. The monoisotopic (exact) mass is 268 g/mol. The molecule has 0 saturated carbocycles. The van der Waals surface area contributed by atoms with Gasteiger partial charge in [0.2, 0.25) is 0 Å². The Kier molecular flexibility index (Phi) is 5.78. The first-order valence-electron chi connectivity index (χ1n) is 5.97. The molecule has 19 heavy (non-hydrogen) atoms. The maximum Gasteiger partial charge on any atom is 0.321 e. The van der Waals surface area contributed by atoms with E-state index in [0.717, 1.165) is 0 Å². The number of carbonyl (C=O) groups excluding carboxylic acids is 2. The van der Waals surface area contributed by atoms with Gasteiger partial charge in [0.15, 0.2) is 0 Å². The predicted molar refractivity (Wildman–Crippen MR) is 69.3 cm³/mol. The van der Waals surface area contributed by atoms with Crippen molar-refractivity contribution in [2.24, 2.45) is 0 Å². The minimum Gasteiger partial charge on any atom is -0.466 e. The summed E-state index contributed by atoms with van der Waals surface area (Å²) in [6.45, 7) is 2.23. The average Bonchev–Trinajstić information content (AvgIpc) is 2.39. The Balaban J connectivity index is 2.45. The van der Waals surface area contributed by atoms with E-state index < -0.39 is 11.8 Å². The molecule has 104 valence electrons. The number of hydrogen-bond acceptors (Lipinski definition) is 3. The smallest absolute Gasteiger partial charge is 0.321 e. The van der Waals surface area contributed by atoms with Gasteiger partial charge in [-0.1, -0.05) is 12.1 Å². The largest absolute Gasteiger partial charge is 0.466 e. The molecule has 0 aromatic heterocycles. The van der Waals surface area contributed by atoms with Gasteiger partial charge >= 0.3 is 12.0 Å². The topological polar surface area (TPSA) is 58.6 Å². The van der Waals surface area contributed by atoms with Crippen molar-refractivity contribution in [3.05, 3.63) is 30.1 Å². The molecule has 0 radical (unpaired) electrons. The molecule has 0 aliphatic carbocycles. The zero-order valence-corrected chi connectivity index (χ0v) is 11.0. The predicted octanol–water partition coefficient (Wildman–Crippen LogP) is 2.24. The van der Waals surface area contributed by atoms with Crippen LogP contribution in [0.25, 0.3) is 0 Å². The van der Waals surface area contributed by atoms with Gasteiger partial charge in [0, 0.05) is 13.6 Å². The van der Waals surface area contributed by atoms with Crippen molar-refractivity contribution in [1.82, 2.24) is 4.90 Å². The first-order valence-corrected chi connectivity index (χ1v) is 5.97. The molecular weight excluding hydrogens is 251 g/mol. The molecule has 0 bridgehead atoms. The lowest BCUT2D eigenvalue weighted by Gasteiger charge is -2.17. The Morgan fingerprint density at radius 3 is 2.68 bits per heavy atom. The molecule has 0 fully saturated rings. The quantitative estimate of drug-likeness (QED) is 0.833. The van der Waals surface area contributed by atoms with Crippen LogP contribution in [-0.2, 0) is 9.53 Å². The highest BCUT2D eigenvalue weighted by Crippen LogP contribution is 2.12. The van der Waals surface area contributed by atoms with Crippen LogP contribution < -0.4 is 5.32 Å². The summed E-state index contributed by atoms with van der Waals surface area (Å²) >= 11 is 0. The first kappa shape index (κ1) is 14.9. The summed E-state index contributed by atoms with van der Waals surface area (Å²) in [6.07, 6.45) is 0.106. The van der Waals surface area contributed by atoms with E-state index in [1.54, 1.807) is 13.0 Å². The Labute approximate surface area is 111 Å². The van der Waals surface area contributed by atoms with Gasteiger partial charge in [0.1, 0.15) is 5.82 Å². The highest BCUT2D eigenvalue weighted by atomic mass is 19.1. The lowest BCUT2D eigenvalue weighted by molar-refractivity contribution is -0.143. The maximum absolute atomic E-state index is 13.3. The number of halogens is 1. The Morgan fingerprint density at radius 1 is 1.37 bits per heavy atom. The number of anilines is 1. The molecule has 0 saturated heterocycles. The number of nitrogens with zero attached hydrogens (tertiary/aromatic N) is 1. The van der Waals surface area contributed by atoms with Crippen LogP contribution >= 0.6 is 0 Å². The van der Waals surface area contributed by atoms with E-state index >= 15 is 0 Å². The molecule has 0 aliphatic heterocycles. The molecule has 1 aromatic carbocycles. The zero-order valence-electron chi connectivity index (χ0n) is 11.0. The highest BCUT2D eigenvalue weighted by Gasteiger charge is 2.12. The fourth-order valence-electron chi connectivity index (χ4n) is 1.37. The maximum atomic E-state index is 13.3. The van der Waals surface area contributed by atoms with Crippen LogP contribution in [-0.4, -0.2) is 37.1 Å². The van der Waals surface area contributed by atoms with Crippen LogP contribution in [0, 0.1) is 5.82 Å². The molecule has 0 atom stereocenters. The second kappa shape index (κ2) is 7.35. The van der Waals surface area contributed by atoms with E-state index in [1.807, 2.05) is 0 Å². The van der Waals surface area contributed by atoms with Crippen LogP contribution in [0.2, 0.25) is 0 Å². The van der Waals surface area contributed by atoms with Crippen molar-refractivity contribution in [1.29, 1.82) is 0 Å². The van der Waals surface area contributed by atoms with E-state index in [2.05, 4.69) is 5.32 Å². The third-order valence-corrected chi connectivity index (χ3v) is 2.42. The molecule has 0 unspecified atom stereocenters. The summed E-state index contributed by atoms with van der Waals surface area (Å²) in [7, 11) is 1.52. The number of amides is 2. The molecule has 6 heteroatoms. The van der Waals surface area contributed by atoms with Crippen molar-refractivity contribution >= 4 is 17.7 Å². The van der Waals surface area contributed by atoms with E-state index in [4.69, 9.17) is 4.74 Å². The van der Waals surface area contributed by atoms with E-state index in [0.29, 0.717) is 6.61 Å². The number of rotatable bonds is 5. The summed E-state index contributed by atoms with van der Waals surface area (Å²) in [5.41, 5.74) is 0.107. The Bertz CT molecular complexity index is 451.